The highest BCUT2D eigenvalue weighted by Gasteiger charge is 2.22. The lowest BCUT2D eigenvalue weighted by Gasteiger charge is -2.06. The quantitative estimate of drug-likeness (QED) is 0.212. The maximum absolute atomic E-state index is 10.1. The normalized spacial score (nSPS) is 11.0. The molecule has 164 valence electrons. The first-order valence-corrected chi connectivity index (χ1v) is 11.3. The van der Waals surface area contributed by atoms with Crippen molar-refractivity contribution in [1.29, 1.82) is 5.26 Å². The Bertz CT molecular complexity index is 1380. The number of furan rings is 1. The minimum absolute atomic E-state index is 0.0780. The minimum atomic E-state index is 0.0780. The number of hydrogen-bond acceptors (Lipinski definition) is 5. The number of hydrogen-bond donors (Lipinski definition) is 1. The molecule has 4 aromatic rings. The number of aromatic hydroxyl groups is 1. The van der Waals surface area contributed by atoms with Gasteiger partial charge in [0.15, 0.2) is 11.5 Å². The van der Waals surface area contributed by atoms with Gasteiger partial charge in [0.2, 0.25) is 5.88 Å². The van der Waals surface area contributed by atoms with Crippen LogP contribution in [0.2, 0.25) is 0 Å². The number of nitriles is 1. The molecule has 0 bridgehead atoms. The van der Waals surface area contributed by atoms with E-state index in [0.717, 1.165) is 22.3 Å². The average molecular weight is 548 g/mol. The molecule has 0 saturated heterocycles. The second kappa shape index (κ2) is 9.51. The molecule has 1 heterocycles. The van der Waals surface area contributed by atoms with Crippen LogP contribution in [0, 0.1) is 28.7 Å². The summed E-state index contributed by atoms with van der Waals surface area (Å²) < 4.78 is 12.0. The van der Waals surface area contributed by atoms with E-state index in [0.29, 0.717) is 31.8 Å². The molecule has 0 spiro atoms. The predicted octanol–water partition coefficient (Wildman–Crippen LogP) is 7.17. The lowest BCUT2D eigenvalue weighted by atomic mass is 9.97. The van der Waals surface area contributed by atoms with Crippen molar-refractivity contribution in [3.63, 3.8) is 0 Å². The maximum Gasteiger partial charge on any atom is 0.238 e. The van der Waals surface area contributed by atoms with Gasteiger partial charge in [-0.3, -0.25) is 0 Å². The standard InChI is InChI=1S/C27H21IN2O3/c1-16-4-8-19(9-5-16)24-21(14-29)27(33-26(24)20-10-6-17(2)7-11-20)30-15-18-12-22(28)25(31)23(13-18)32-3/h4-13,15,31H,1-3H3. The molecule has 0 aliphatic heterocycles. The van der Waals surface area contributed by atoms with Crippen molar-refractivity contribution in [2.45, 2.75) is 13.8 Å². The predicted molar refractivity (Wildman–Crippen MR) is 138 cm³/mol. The third-order valence-electron chi connectivity index (χ3n) is 5.26. The average Bonchev–Trinajstić information content (AvgIpc) is 3.19. The first-order chi connectivity index (χ1) is 15.9. The van der Waals surface area contributed by atoms with E-state index in [1.807, 2.05) is 85.0 Å². The van der Waals surface area contributed by atoms with Crippen LogP contribution in [0.3, 0.4) is 0 Å². The fourth-order valence-corrected chi connectivity index (χ4v) is 4.10. The Morgan fingerprint density at radius 3 is 2.18 bits per heavy atom. The first kappa shape index (κ1) is 22.6. The Kier molecular flexibility index (Phi) is 6.52. The van der Waals surface area contributed by atoms with E-state index < -0.39 is 0 Å². The van der Waals surface area contributed by atoms with E-state index in [1.54, 1.807) is 18.3 Å². The van der Waals surface area contributed by atoms with E-state index in [9.17, 15) is 10.4 Å². The number of phenolic OH excluding ortho intramolecular Hbond substituents is 1. The summed E-state index contributed by atoms with van der Waals surface area (Å²) in [7, 11) is 1.49. The van der Waals surface area contributed by atoms with Crippen molar-refractivity contribution in [1.82, 2.24) is 0 Å². The lowest BCUT2D eigenvalue weighted by molar-refractivity contribution is 0.371. The molecule has 33 heavy (non-hydrogen) atoms. The van der Waals surface area contributed by atoms with Gasteiger partial charge in [-0.2, -0.15) is 5.26 Å². The van der Waals surface area contributed by atoms with Crippen LogP contribution in [0.5, 0.6) is 11.5 Å². The second-order valence-electron chi connectivity index (χ2n) is 7.64. The summed E-state index contributed by atoms with van der Waals surface area (Å²) in [6.07, 6.45) is 1.60. The Hall–Kier alpha value is -3.57. The number of ether oxygens (including phenoxy) is 1. The Balaban J connectivity index is 1.87. The first-order valence-electron chi connectivity index (χ1n) is 10.2. The van der Waals surface area contributed by atoms with Crippen molar-refractivity contribution in [2.24, 2.45) is 4.99 Å². The van der Waals surface area contributed by atoms with Gasteiger partial charge in [-0.15, -0.1) is 0 Å². The highest BCUT2D eigenvalue weighted by Crippen LogP contribution is 2.42. The molecule has 0 aliphatic rings. The summed E-state index contributed by atoms with van der Waals surface area (Å²) in [5.74, 6) is 1.25. The Morgan fingerprint density at radius 2 is 1.61 bits per heavy atom. The second-order valence-corrected chi connectivity index (χ2v) is 8.80. The number of rotatable bonds is 5. The molecule has 0 aliphatic carbocycles. The molecule has 1 N–H and O–H groups in total. The molecule has 0 fully saturated rings. The van der Waals surface area contributed by atoms with Crippen LogP contribution in [0.15, 0.2) is 70.1 Å². The third kappa shape index (κ3) is 4.64. The monoisotopic (exact) mass is 548 g/mol. The molecule has 0 unspecified atom stereocenters. The molecular formula is C27H21IN2O3. The summed E-state index contributed by atoms with van der Waals surface area (Å²) in [5, 5.41) is 20.1. The molecule has 0 atom stereocenters. The highest BCUT2D eigenvalue weighted by atomic mass is 127. The van der Waals surface area contributed by atoms with Gasteiger partial charge in [0.25, 0.3) is 0 Å². The van der Waals surface area contributed by atoms with Crippen LogP contribution in [0.25, 0.3) is 22.5 Å². The van der Waals surface area contributed by atoms with Gasteiger partial charge in [-0.05, 0) is 59.7 Å². The molecule has 0 amide bonds. The number of phenols is 1. The highest BCUT2D eigenvalue weighted by molar-refractivity contribution is 14.1. The third-order valence-corrected chi connectivity index (χ3v) is 6.08. The van der Waals surface area contributed by atoms with Gasteiger partial charge >= 0.3 is 0 Å². The fourth-order valence-electron chi connectivity index (χ4n) is 3.47. The minimum Gasteiger partial charge on any atom is -0.504 e. The largest absolute Gasteiger partial charge is 0.504 e. The summed E-state index contributed by atoms with van der Waals surface area (Å²) in [6.45, 7) is 4.05. The number of methoxy groups -OCH3 is 1. The van der Waals surface area contributed by atoms with Crippen LogP contribution in [-0.2, 0) is 0 Å². The van der Waals surface area contributed by atoms with Gasteiger partial charge < -0.3 is 14.3 Å². The van der Waals surface area contributed by atoms with E-state index in [2.05, 4.69) is 11.1 Å². The smallest absolute Gasteiger partial charge is 0.238 e. The van der Waals surface area contributed by atoms with E-state index in [4.69, 9.17) is 9.15 Å². The summed E-state index contributed by atoms with van der Waals surface area (Å²) in [5.41, 5.74) is 5.82. The molecule has 3 aromatic carbocycles. The van der Waals surface area contributed by atoms with Crippen LogP contribution in [0.4, 0.5) is 5.88 Å². The number of halogens is 1. The zero-order chi connectivity index (χ0) is 23.5. The van der Waals surface area contributed by atoms with E-state index >= 15 is 0 Å². The molecule has 1 aromatic heterocycles. The van der Waals surface area contributed by atoms with Gasteiger partial charge in [0.1, 0.15) is 17.4 Å². The lowest BCUT2D eigenvalue weighted by Crippen LogP contribution is -1.90. The van der Waals surface area contributed by atoms with Gasteiger partial charge in [-0.25, -0.2) is 4.99 Å². The van der Waals surface area contributed by atoms with Crippen molar-refractivity contribution in [2.75, 3.05) is 7.11 Å². The van der Waals surface area contributed by atoms with Crippen LogP contribution >= 0.6 is 22.6 Å². The maximum atomic E-state index is 10.1. The van der Waals surface area contributed by atoms with Gasteiger partial charge in [0.05, 0.1) is 10.7 Å². The number of benzene rings is 3. The fraction of sp³-hybridized carbons (Fsp3) is 0.111. The summed E-state index contributed by atoms with van der Waals surface area (Å²) >= 11 is 2.03. The molecule has 0 saturated carbocycles. The SMILES string of the molecule is COc1cc(C=Nc2oc(-c3ccc(C)cc3)c(-c3ccc(C)cc3)c2C#N)cc(I)c1O. The number of aryl methyl sites for hydroxylation is 2. The Labute approximate surface area is 206 Å². The topological polar surface area (TPSA) is 78.8 Å². The molecule has 4 rings (SSSR count). The van der Waals surface area contributed by atoms with Crippen molar-refractivity contribution in [3.05, 3.63) is 86.5 Å². The van der Waals surface area contributed by atoms with Crippen LogP contribution in [0.1, 0.15) is 22.3 Å². The van der Waals surface area contributed by atoms with E-state index in [-0.39, 0.29) is 11.6 Å². The van der Waals surface area contributed by atoms with Crippen molar-refractivity contribution in [3.8, 4) is 40.0 Å². The van der Waals surface area contributed by atoms with Crippen molar-refractivity contribution < 1.29 is 14.3 Å². The number of nitrogens with zero attached hydrogens (tertiary/aromatic N) is 2. The summed E-state index contributed by atoms with van der Waals surface area (Å²) in [4.78, 5) is 4.51. The molecule has 0 radical (unpaired) electrons. The molecular weight excluding hydrogens is 527 g/mol. The summed E-state index contributed by atoms with van der Waals surface area (Å²) in [6, 6.07) is 21.7. The van der Waals surface area contributed by atoms with Gasteiger partial charge in [0, 0.05) is 17.3 Å². The van der Waals surface area contributed by atoms with E-state index in [1.165, 1.54) is 7.11 Å². The zero-order valence-corrected chi connectivity index (χ0v) is 20.5. The van der Waals surface area contributed by atoms with Crippen molar-refractivity contribution >= 4 is 34.7 Å². The van der Waals surface area contributed by atoms with Crippen LogP contribution in [-0.4, -0.2) is 18.4 Å². The Morgan fingerprint density at radius 1 is 1.00 bits per heavy atom. The van der Waals surface area contributed by atoms with Gasteiger partial charge in [-0.1, -0.05) is 59.7 Å². The number of aliphatic imine (C=N–C) groups is 1. The molecule has 5 nitrogen and oxygen atoms in total. The molecule has 6 heteroatoms. The zero-order valence-electron chi connectivity index (χ0n) is 18.4. The van der Waals surface area contributed by atoms with Crippen LogP contribution < -0.4 is 4.74 Å².